The summed E-state index contributed by atoms with van der Waals surface area (Å²) in [5.74, 6) is 1.14. The van der Waals surface area contributed by atoms with Gasteiger partial charge in [0.1, 0.15) is 0 Å². The smallest absolute Gasteiger partial charge is 0.171 e. The molecular weight excluding hydrogens is 439 g/mol. The lowest BCUT2D eigenvalue weighted by atomic mass is 10.2. The van der Waals surface area contributed by atoms with Crippen LogP contribution in [0.25, 0.3) is 0 Å². The largest absolute Gasteiger partial charge is 0.493 e. The molecule has 4 rings (SSSR count). The van der Waals surface area contributed by atoms with Crippen LogP contribution in [-0.2, 0) is 11.8 Å². The zero-order valence-electron chi connectivity index (χ0n) is 17.3. The maximum Gasteiger partial charge on any atom is 0.171 e. The predicted molar refractivity (Wildman–Crippen MR) is 133 cm³/mol. The number of aromatic nitrogens is 2. The third kappa shape index (κ3) is 5.02. The van der Waals surface area contributed by atoms with Crippen molar-refractivity contribution in [3.05, 3.63) is 103 Å². The number of nitrogens with one attached hydrogen (secondary N) is 1. The molecule has 0 saturated carbocycles. The number of anilines is 1. The van der Waals surface area contributed by atoms with Crippen molar-refractivity contribution in [3.63, 3.8) is 0 Å². The fourth-order valence-corrected chi connectivity index (χ4v) is 5.97. The van der Waals surface area contributed by atoms with E-state index in [0.29, 0.717) is 11.5 Å². The van der Waals surface area contributed by atoms with Crippen molar-refractivity contribution in [2.24, 2.45) is 5.10 Å². The van der Waals surface area contributed by atoms with Crippen LogP contribution in [0.4, 0.5) is 5.69 Å². The molecule has 160 valence electrons. The molecule has 0 spiro atoms. The van der Waals surface area contributed by atoms with Crippen LogP contribution in [0.15, 0.2) is 103 Å². The fourth-order valence-electron chi connectivity index (χ4n) is 3.01. The minimum atomic E-state index is -2.64. The van der Waals surface area contributed by atoms with Crippen molar-refractivity contribution in [2.75, 3.05) is 12.5 Å². The molecule has 0 aliphatic carbocycles. The predicted octanol–water partition coefficient (Wildman–Crippen LogP) is 4.36. The molecule has 0 aliphatic rings. The summed E-state index contributed by atoms with van der Waals surface area (Å²) in [5.41, 5.74) is 4.77. The van der Waals surface area contributed by atoms with Crippen molar-refractivity contribution in [3.8, 4) is 11.5 Å². The highest BCUT2D eigenvalue weighted by Crippen LogP contribution is 2.47. The Bertz CT molecular complexity index is 1200. The Hall–Kier alpha value is -3.54. The Kier molecular flexibility index (Phi) is 6.90. The van der Waals surface area contributed by atoms with E-state index in [9.17, 15) is 0 Å². The van der Waals surface area contributed by atoms with Crippen LogP contribution in [0.2, 0.25) is 0 Å². The Morgan fingerprint density at radius 2 is 1.47 bits per heavy atom. The molecular formula is C24H21N4O2PS. The Morgan fingerprint density at radius 1 is 0.844 bits per heavy atom. The lowest BCUT2D eigenvalue weighted by molar-refractivity contribution is 0.398. The summed E-state index contributed by atoms with van der Waals surface area (Å²) >= 11 is 6.12. The molecule has 0 amide bonds. The SMILES string of the molecule is COc1cc(/C=N/Nc2ccccc2)ccc1OP(=S)(c1ccncc1)c1ccncc1. The van der Waals surface area contributed by atoms with Gasteiger partial charge in [-0.15, -0.1) is 0 Å². The van der Waals surface area contributed by atoms with Crippen molar-refractivity contribution >= 4 is 40.6 Å². The van der Waals surface area contributed by atoms with Crippen molar-refractivity contribution in [2.45, 2.75) is 0 Å². The van der Waals surface area contributed by atoms with Gasteiger partial charge < -0.3 is 9.26 Å². The molecule has 0 saturated heterocycles. The van der Waals surface area contributed by atoms with Crippen LogP contribution in [0.3, 0.4) is 0 Å². The normalized spacial score (nSPS) is 11.3. The van der Waals surface area contributed by atoms with Crippen molar-refractivity contribution in [1.29, 1.82) is 0 Å². The minimum Gasteiger partial charge on any atom is -0.493 e. The number of hydrazone groups is 1. The van der Waals surface area contributed by atoms with E-state index in [1.807, 2.05) is 72.8 Å². The quantitative estimate of drug-likeness (QED) is 0.240. The molecule has 0 radical (unpaired) electrons. The average molecular weight is 460 g/mol. The molecule has 0 aliphatic heterocycles. The standard InChI is InChI=1S/C24H21N4O2PS/c1-29-24-17-19(18-27-28-20-5-3-2-4-6-20)7-8-23(24)30-31(32,21-9-13-25-14-10-21)22-11-15-26-16-12-22/h2-18,28H,1H3/b27-18+. The Balaban J connectivity index is 1.62. The van der Waals surface area contributed by atoms with E-state index in [2.05, 4.69) is 20.5 Å². The van der Waals surface area contributed by atoms with Gasteiger partial charge in [-0.05, 0) is 72.0 Å². The summed E-state index contributed by atoms with van der Waals surface area (Å²) < 4.78 is 12.1. The zero-order valence-corrected chi connectivity index (χ0v) is 19.0. The molecule has 0 bridgehead atoms. The van der Waals surface area contributed by atoms with E-state index in [-0.39, 0.29) is 0 Å². The number of ether oxygens (including phenoxy) is 1. The zero-order chi connectivity index (χ0) is 22.2. The Morgan fingerprint density at radius 3 is 2.06 bits per heavy atom. The van der Waals surface area contributed by atoms with Gasteiger partial charge in [0.05, 0.1) is 19.0 Å². The highest BCUT2D eigenvalue weighted by Gasteiger charge is 2.26. The first-order valence-electron chi connectivity index (χ1n) is 9.82. The van der Waals surface area contributed by atoms with Gasteiger partial charge in [-0.1, -0.05) is 18.2 Å². The number of methoxy groups -OCH3 is 1. The summed E-state index contributed by atoms with van der Waals surface area (Å²) in [6, 6.07) is 22.9. The molecule has 8 heteroatoms. The Labute approximate surface area is 192 Å². The van der Waals surface area contributed by atoms with E-state index in [0.717, 1.165) is 21.9 Å². The number of pyridine rings is 2. The van der Waals surface area contributed by atoms with Crippen molar-refractivity contribution < 1.29 is 9.26 Å². The number of rotatable bonds is 8. The van der Waals surface area contributed by atoms with E-state index in [4.69, 9.17) is 21.1 Å². The van der Waals surface area contributed by atoms with Gasteiger partial charge in [0.2, 0.25) is 0 Å². The van der Waals surface area contributed by atoms with Crippen LogP contribution in [0.1, 0.15) is 5.56 Å². The number of hydrogen-bond acceptors (Lipinski definition) is 7. The van der Waals surface area contributed by atoms with Crippen LogP contribution < -0.4 is 25.3 Å². The van der Waals surface area contributed by atoms with Crippen LogP contribution in [0, 0.1) is 0 Å². The summed E-state index contributed by atoms with van der Waals surface area (Å²) in [4.78, 5) is 8.23. The first kappa shape index (κ1) is 21.7. The second-order valence-corrected chi connectivity index (χ2v) is 10.6. The number of nitrogens with zero attached hydrogens (tertiary/aromatic N) is 3. The van der Waals surface area contributed by atoms with Crippen LogP contribution in [-0.4, -0.2) is 23.3 Å². The van der Waals surface area contributed by atoms with E-state index < -0.39 is 6.26 Å². The van der Waals surface area contributed by atoms with Gasteiger partial charge in [-0.2, -0.15) is 5.10 Å². The fraction of sp³-hybridized carbons (Fsp3) is 0.0417. The monoisotopic (exact) mass is 460 g/mol. The number of para-hydroxylation sites is 1. The van der Waals surface area contributed by atoms with Gasteiger partial charge in [0.15, 0.2) is 17.8 Å². The van der Waals surface area contributed by atoms with Gasteiger partial charge in [0.25, 0.3) is 0 Å². The molecule has 1 N–H and O–H groups in total. The van der Waals surface area contributed by atoms with Gasteiger partial charge in [-0.25, -0.2) is 0 Å². The van der Waals surface area contributed by atoms with Gasteiger partial charge in [0, 0.05) is 35.4 Å². The highest BCUT2D eigenvalue weighted by molar-refractivity contribution is 8.19. The second kappa shape index (κ2) is 10.2. The van der Waals surface area contributed by atoms with Crippen LogP contribution >= 0.6 is 6.26 Å². The minimum absolute atomic E-state index is 0.567. The topological polar surface area (TPSA) is 68.6 Å². The lowest BCUT2D eigenvalue weighted by Gasteiger charge is -2.25. The first-order valence-corrected chi connectivity index (χ1v) is 12.5. The van der Waals surface area contributed by atoms with Gasteiger partial charge in [-0.3, -0.25) is 15.4 Å². The van der Waals surface area contributed by atoms with E-state index >= 15 is 0 Å². The third-order valence-corrected chi connectivity index (χ3v) is 8.50. The summed E-state index contributed by atoms with van der Waals surface area (Å²) in [5, 5.41) is 6.08. The molecule has 32 heavy (non-hydrogen) atoms. The number of hydrogen-bond donors (Lipinski definition) is 1. The number of benzene rings is 2. The maximum absolute atomic E-state index is 6.51. The average Bonchev–Trinajstić information content (AvgIpc) is 2.86. The van der Waals surface area contributed by atoms with Crippen molar-refractivity contribution in [1.82, 2.24) is 9.97 Å². The first-order chi connectivity index (χ1) is 15.7. The molecule has 0 unspecified atom stereocenters. The molecule has 6 nitrogen and oxygen atoms in total. The molecule has 0 atom stereocenters. The summed E-state index contributed by atoms with van der Waals surface area (Å²) in [7, 11) is 1.60. The lowest BCUT2D eigenvalue weighted by Crippen LogP contribution is -2.20. The molecule has 2 heterocycles. The van der Waals surface area contributed by atoms with E-state index in [1.165, 1.54) is 0 Å². The molecule has 4 aromatic rings. The van der Waals surface area contributed by atoms with Gasteiger partial charge >= 0.3 is 0 Å². The summed E-state index contributed by atoms with van der Waals surface area (Å²) in [6.07, 6.45) is 5.97. The molecule has 2 aromatic carbocycles. The second-order valence-electron chi connectivity index (χ2n) is 6.70. The maximum atomic E-state index is 6.51. The summed E-state index contributed by atoms with van der Waals surface area (Å²) in [6.45, 7) is 0. The molecule has 0 fully saturated rings. The van der Waals surface area contributed by atoms with E-state index in [1.54, 1.807) is 38.1 Å². The molecule has 2 aromatic heterocycles. The highest BCUT2D eigenvalue weighted by atomic mass is 32.4. The third-order valence-electron chi connectivity index (χ3n) is 4.60. The van der Waals surface area contributed by atoms with Crippen LogP contribution in [0.5, 0.6) is 11.5 Å².